The van der Waals surface area contributed by atoms with E-state index in [-0.39, 0.29) is 12.0 Å². The number of benzene rings is 1. The molecule has 0 aliphatic rings. The fourth-order valence-electron chi connectivity index (χ4n) is 2.01. The molecule has 1 heterocycles. The van der Waals surface area contributed by atoms with Crippen molar-refractivity contribution >= 4 is 16.9 Å². The lowest BCUT2D eigenvalue weighted by Crippen LogP contribution is -2.28. The molecule has 0 saturated carbocycles. The Labute approximate surface area is 103 Å². The van der Waals surface area contributed by atoms with E-state index in [2.05, 4.69) is 0 Å². The fourth-order valence-corrected chi connectivity index (χ4v) is 2.01. The number of aliphatic carboxylic acids is 1. The van der Waals surface area contributed by atoms with Gasteiger partial charge in [-0.05, 0) is 17.5 Å². The zero-order chi connectivity index (χ0) is 13.3. The van der Waals surface area contributed by atoms with Crippen LogP contribution in [0.4, 0.5) is 0 Å². The van der Waals surface area contributed by atoms with Crippen molar-refractivity contribution in [2.24, 2.45) is 12.8 Å². The van der Waals surface area contributed by atoms with E-state index in [0.29, 0.717) is 5.56 Å². The zero-order valence-electron chi connectivity index (χ0n) is 9.96. The normalized spacial score (nSPS) is 12.6. The number of pyridine rings is 1. The maximum Gasteiger partial charge on any atom is 0.305 e. The molecule has 1 aromatic heterocycles. The number of carboxylic acids is 1. The number of para-hydroxylation sites is 1. The molecule has 5 nitrogen and oxygen atoms in total. The van der Waals surface area contributed by atoms with E-state index in [1.54, 1.807) is 13.1 Å². The van der Waals surface area contributed by atoms with Gasteiger partial charge in [0.1, 0.15) is 0 Å². The number of nitrogens with two attached hydrogens (primary N) is 1. The maximum absolute atomic E-state index is 12.1. The van der Waals surface area contributed by atoms with Gasteiger partial charge in [0.15, 0.2) is 0 Å². The first-order valence-corrected chi connectivity index (χ1v) is 5.56. The van der Waals surface area contributed by atoms with Gasteiger partial charge in [-0.2, -0.15) is 0 Å². The Morgan fingerprint density at radius 1 is 1.44 bits per heavy atom. The van der Waals surface area contributed by atoms with Gasteiger partial charge in [-0.3, -0.25) is 9.59 Å². The molecule has 1 aromatic carbocycles. The van der Waals surface area contributed by atoms with Crippen molar-refractivity contribution in [2.45, 2.75) is 12.5 Å². The molecule has 1 atom stereocenters. The van der Waals surface area contributed by atoms with E-state index in [9.17, 15) is 9.59 Å². The van der Waals surface area contributed by atoms with Gasteiger partial charge in [0.05, 0.1) is 11.9 Å². The van der Waals surface area contributed by atoms with Crippen molar-refractivity contribution in [1.29, 1.82) is 0 Å². The van der Waals surface area contributed by atoms with Crippen LogP contribution in [-0.4, -0.2) is 15.6 Å². The molecule has 94 valence electrons. The molecule has 0 fully saturated rings. The SMILES string of the molecule is Cn1c(=O)c(C(N)CC(=O)O)cc2ccccc21. The summed E-state index contributed by atoms with van der Waals surface area (Å²) in [4.78, 5) is 22.7. The van der Waals surface area contributed by atoms with Gasteiger partial charge in [0.25, 0.3) is 5.56 Å². The van der Waals surface area contributed by atoms with Crippen LogP contribution in [0.3, 0.4) is 0 Å². The average Bonchev–Trinajstić information content (AvgIpc) is 2.33. The summed E-state index contributed by atoms with van der Waals surface area (Å²) in [5.74, 6) is -1.02. The third-order valence-electron chi connectivity index (χ3n) is 2.95. The lowest BCUT2D eigenvalue weighted by Gasteiger charge is -2.12. The first kappa shape index (κ1) is 12.3. The van der Waals surface area contributed by atoms with Gasteiger partial charge in [0.2, 0.25) is 0 Å². The van der Waals surface area contributed by atoms with Crippen molar-refractivity contribution in [2.75, 3.05) is 0 Å². The third kappa shape index (κ3) is 2.12. The fraction of sp³-hybridized carbons (Fsp3) is 0.231. The van der Waals surface area contributed by atoms with Gasteiger partial charge in [-0.25, -0.2) is 0 Å². The largest absolute Gasteiger partial charge is 0.481 e. The van der Waals surface area contributed by atoms with E-state index in [4.69, 9.17) is 10.8 Å². The Kier molecular flexibility index (Phi) is 3.16. The molecule has 0 aliphatic heterocycles. The van der Waals surface area contributed by atoms with Crippen molar-refractivity contribution in [3.63, 3.8) is 0 Å². The van der Waals surface area contributed by atoms with Crippen LogP contribution in [0.15, 0.2) is 35.1 Å². The molecule has 0 saturated heterocycles. The molecule has 0 aliphatic carbocycles. The predicted octanol–water partition coefficient (Wildman–Crippen LogP) is 1.01. The van der Waals surface area contributed by atoms with Gasteiger partial charge in [-0.1, -0.05) is 18.2 Å². The molecule has 2 aromatic rings. The Bertz CT molecular complexity index is 661. The van der Waals surface area contributed by atoms with Crippen LogP contribution in [0.5, 0.6) is 0 Å². The van der Waals surface area contributed by atoms with Crippen LogP contribution in [-0.2, 0) is 11.8 Å². The van der Waals surface area contributed by atoms with Gasteiger partial charge in [0, 0.05) is 18.7 Å². The number of carbonyl (C=O) groups is 1. The molecule has 5 heteroatoms. The highest BCUT2D eigenvalue weighted by Crippen LogP contribution is 2.17. The van der Waals surface area contributed by atoms with Crippen LogP contribution < -0.4 is 11.3 Å². The lowest BCUT2D eigenvalue weighted by atomic mass is 10.0. The Morgan fingerprint density at radius 2 is 2.11 bits per heavy atom. The minimum atomic E-state index is -1.02. The number of aromatic nitrogens is 1. The summed E-state index contributed by atoms with van der Waals surface area (Å²) in [7, 11) is 1.65. The number of carboxylic acid groups (broad SMARTS) is 1. The summed E-state index contributed by atoms with van der Waals surface area (Å²) in [5.41, 5.74) is 6.65. The van der Waals surface area contributed by atoms with Crippen molar-refractivity contribution in [1.82, 2.24) is 4.57 Å². The minimum absolute atomic E-state index is 0.248. The van der Waals surface area contributed by atoms with Gasteiger partial charge >= 0.3 is 5.97 Å². The number of nitrogens with zero attached hydrogens (tertiary/aromatic N) is 1. The van der Waals surface area contributed by atoms with Gasteiger partial charge < -0.3 is 15.4 Å². The molecule has 18 heavy (non-hydrogen) atoms. The monoisotopic (exact) mass is 246 g/mol. The second-order valence-electron chi connectivity index (χ2n) is 4.23. The lowest BCUT2D eigenvalue weighted by molar-refractivity contribution is -0.137. The topological polar surface area (TPSA) is 85.3 Å². The third-order valence-corrected chi connectivity index (χ3v) is 2.95. The highest BCUT2D eigenvalue weighted by Gasteiger charge is 2.16. The van der Waals surface area contributed by atoms with Crippen LogP contribution >= 0.6 is 0 Å². The molecule has 1 unspecified atom stereocenters. The second-order valence-corrected chi connectivity index (χ2v) is 4.23. The van der Waals surface area contributed by atoms with Crippen LogP contribution in [0, 0.1) is 0 Å². The van der Waals surface area contributed by atoms with Crippen LogP contribution in [0.1, 0.15) is 18.0 Å². The summed E-state index contributed by atoms with van der Waals surface area (Å²) >= 11 is 0. The number of hydrogen-bond donors (Lipinski definition) is 2. The van der Waals surface area contributed by atoms with E-state index >= 15 is 0 Å². The first-order valence-electron chi connectivity index (χ1n) is 5.56. The molecular formula is C13H14N2O3. The summed E-state index contributed by atoms with van der Waals surface area (Å²) in [6.45, 7) is 0. The number of rotatable bonds is 3. The Balaban J connectivity index is 2.62. The molecule has 0 amide bonds. The Morgan fingerprint density at radius 3 is 2.78 bits per heavy atom. The molecule has 3 N–H and O–H groups in total. The maximum atomic E-state index is 12.1. The molecule has 2 rings (SSSR count). The molecule has 0 radical (unpaired) electrons. The summed E-state index contributed by atoms with van der Waals surface area (Å²) < 4.78 is 1.49. The van der Waals surface area contributed by atoms with E-state index in [1.165, 1.54) is 4.57 Å². The van der Waals surface area contributed by atoms with Crippen LogP contribution in [0.25, 0.3) is 10.9 Å². The second kappa shape index (κ2) is 4.62. The minimum Gasteiger partial charge on any atom is -0.481 e. The van der Waals surface area contributed by atoms with Crippen molar-refractivity contribution in [3.05, 3.63) is 46.2 Å². The highest BCUT2D eigenvalue weighted by molar-refractivity contribution is 5.79. The predicted molar refractivity (Wildman–Crippen MR) is 68.4 cm³/mol. The number of hydrogen-bond acceptors (Lipinski definition) is 3. The van der Waals surface area contributed by atoms with Crippen LogP contribution in [0.2, 0.25) is 0 Å². The Hall–Kier alpha value is -2.14. The summed E-state index contributed by atoms with van der Waals surface area (Å²) in [6, 6.07) is 8.30. The zero-order valence-corrected chi connectivity index (χ0v) is 9.96. The van der Waals surface area contributed by atoms with E-state index in [0.717, 1.165) is 10.9 Å². The molecule has 0 bridgehead atoms. The molecular weight excluding hydrogens is 232 g/mol. The standard InChI is InChI=1S/C13H14N2O3/c1-15-11-5-3-2-4-8(11)6-9(13(15)18)10(14)7-12(16)17/h2-6,10H,7,14H2,1H3,(H,16,17). The summed E-state index contributed by atoms with van der Waals surface area (Å²) in [5, 5.41) is 9.60. The van der Waals surface area contributed by atoms with Crippen molar-refractivity contribution < 1.29 is 9.90 Å². The number of aryl methyl sites for hydroxylation is 1. The smallest absolute Gasteiger partial charge is 0.305 e. The molecule has 0 spiro atoms. The van der Waals surface area contributed by atoms with E-state index < -0.39 is 12.0 Å². The average molecular weight is 246 g/mol. The van der Waals surface area contributed by atoms with Crippen molar-refractivity contribution in [3.8, 4) is 0 Å². The summed E-state index contributed by atoms with van der Waals surface area (Å²) in [6.07, 6.45) is -0.256. The first-order chi connectivity index (χ1) is 8.50. The quantitative estimate of drug-likeness (QED) is 0.846. The van der Waals surface area contributed by atoms with E-state index in [1.807, 2.05) is 24.3 Å². The van der Waals surface area contributed by atoms with Gasteiger partial charge in [-0.15, -0.1) is 0 Å². The number of fused-ring (bicyclic) bond motifs is 1. The highest BCUT2D eigenvalue weighted by atomic mass is 16.4.